The van der Waals surface area contributed by atoms with Crippen LogP contribution in [0.4, 0.5) is 0 Å². The molecule has 2 amide bonds. The lowest BCUT2D eigenvalue weighted by molar-refractivity contribution is -0.119. The molecule has 1 unspecified atom stereocenters. The van der Waals surface area contributed by atoms with E-state index in [1.165, 1.54) is 12.2 Å². The molecule has 2 N–H and O–H groups in total. The van der Waals surface area contributed by atoms with Gasteiger partial charge in [0.2, 0.25) is 11.8 Å². The lowest BCUT2D eigenvalue weighted by Crippen LogP contribution is -2.36. The van der Waals surface area contributed by atoms with Gasteiger partial charge >= 0.3 is 0 Å². The molecule has 120 valence electrons. The third kappa shape index (κ3) is 6.43. The van der Waals surface area contributed by atoms with Crippen molar-refractivity contribution in [1.29, 1.82) is 0 Å². The molecule has 0 fully saturated rings. The highest BCUT2D eigenvalue weighted by Crippen LogP contribution is 2.16. The first-order valence-electron chi connectivity index (χ1n) is 7.22. The van der Waals surface area contributed by atoms with Crippen LogP contribution in [0.15, 0.2) is 39.8 Å². The predicted molar refractivity (Wildman–Crippen MR) is 86.2 cm³/mol. The van der Waals surface area contributed by atoms with Gasteiger partial charge in [0.1, 0.15) is 17.6 Å². The van der Waals surface area contributed by atoms with Gasteiger partial charge in [-0.25, -0.2) is 0 Å². The molecule has 0 aromatic carbocycles. The van der Waals surface area contributed by atoms with Crippen molar-refractivity contribution in [1.82, 2.24) is 10.6 Å². The van der Waals surface area contributed by atoms with Gasteiger partial charge in [-0.15, -0.1) is 0 Å². The first kappa shape index (κ1) is 17.8. The van der Waals surface area contributed by atoms with Crippen LogP contribution in [0.5, 0.6) is 0 Å². The van der Waals surface area contributed by atoms with Crippen LogP contribution >= 0.6 is 0 Å². The van der Waals surface area contributed by atoms with Crippen molar-refractivity contribution in [3.8, 4) is 0 Å². The van der Waals surface area contributed by atoms with Gasteiger partial charge in [-0.2, -0.15) is 0 Å². The van der Waals surface area contributed by atoms with Crippen molar-refractivity contribution in [3.63, 3.8) is 0 Å². The Morgan fingerprint density at radius 1 is 1.09 bits per heavy atom. The fourth-order valence-electron chi connectivity index (χ4n) is 1.85. The Balaban J connectivity index is 2.79. The Morgan fingerprint density at radius 3 is 2.18 bits per heavy atom. The highest BCUT2D eigenvalue weighted by atomic mass is 16.3. The first-order chi connectivity index (χ1) is 10.3. The van der Waals surface area contributed by atoms with Gasteiger partial charge in [-0.3, -0.25) is 9.59 Å². The summed E-state index contributed by atoms with van der Waals surface area (Å²) < 4.78 is 5.56. The number of rotatable bonds is 6. The first-order valence-corrected chi connectivity index (χ1v) is 7.22. The number of aryl methyl sites for hydroxylation is 1. The molecule has 0 saturated heterocycles. The van der Waals surface area contributed by atoms with Crippen LogP contribution in [0.1, 0.15) is 45.3 Å². The molecule has 5 heteroatoms. The largest absolute Gasteiger partial charge is 0.464 e. The van der Waals surface area contributed by atoms with Crippen molar-refractivity contribution < 1.29 is 14.0 Å². The van der Waals surface area contributed by atoms with E-state index in [0.29, 0.717) is 5.76 Å². The van der Waals surface area contributed by atoms with E-state index in [2.05, 4.69) is 10.6 Å². The normalized spacial score (nSPS) is 11.3. The van der Waals surface area contributed by atoms with Gasteiger partial charge in [0.15, 0.2) is 0 Å². The summed E-state index contributed by atoms with van der Waals surface area (Å²) in [6, 6.07) is 3.22. The zero-order valence-electron chi connectivity index (χ0n) is 13.8. The topological polar surface area (TPSA) is 71.3 Å². The number of hydrogen-bond acceptors (Lipinski definition) is 3. The van der Waals surface area contributed by atoms with Crippen molar-refractivity contribution >= 4 is 11.8 Å². The van der Waals surface area contributed by atoms with E-state index in [9.17, 15) is 9.59 Å². The van der Waals surface area contributed by atoms with E-state index in [1.807, 2.05) is 40.7 Å². The summed E-state index contributed by atoms with van der Waals surface area (Å²) in [5.74, 6) is 0.970. The average Bonchev–Trinajstić information content (AvgIpc) is 2.79. The molecule has 5 nitrogen and oxygen atoms in total. The molecule has 0 spiro atoms. The molecule has 0 aliphatic rings. The second-order valence-corrected chi connectivity index (χ2v) is 5.70. The highest BCUT2D eigenvalue weighted by molar-refractivity contribution is 5.89. The molecule has 1 aromatic heterocycles. The Morgan fingerprint density at radius 2 is 1.68 bits per heavy atom. The number of carbonyl (C=O) groups excluding carboxylic acids is 2. The van der Waals surface area contributed by atoms with Crippen LogP contribution in [0.2, 0.25) is 0 Å². The fraction of sp³-hybridized carbons (Fsp3) is 0.412. The molecule has 0 saturated carbocycles. The van der Waals surface area contributed by atoms with E-state index < -0.39 is 6.04 Å². The third-order valence-electron chi connectivity index (χ3n) is 2.74. The summed E-state index contributed by atoms with van der Waals surface area (Å²) in [7, 11) is 0. The number of amides is 2. The van der Waals surface area contributed by atoms with Crippen LogP contribution < -0.4 is 10.6 Å². The quantitative estimate of drug-likeness (QED) is 0.794. The molecule has 0 aliphatic carbocycles. The van der Waals surface area contributed by atoms with Gasteiger partial charge in [0, 0.05) is 18.7 Å². The molecule has 0 radical (unpaired) electrons. The standard InChI is InChI=1S/C17H24N2O3/c1-11(2)8-16(20)18-10-14(15-7-6-13(5)22-15)19-17(21)9-12(3)4/h6-9,14H,10H2,1-5H3,(H,18,20)(H,19,21). The van der Waals surface area contributed by atoms with Crippen LogP contribution in [0, 0.1) is 6.92 Å². The molecule has 0 aliphatic heterocycles. The molecular weight excluding hydrogens is 280 g/mol. The molecule has 1 atom stereocenters. The molecule has 1 heterocycles. The summed E-state index contributed by atoms with van der Waals surface area (Å²) in [6.45, 7) is 9.50. The number of hydrogen-bond donors (Lipinski definition) is 2. The lowest BCUT2D eigenvalue weighted by Gasteiger charge is -2.16. The maximum Gasteiger partial charge on any atom is 0.244 e. The minimum Gasteiger partial charge on any atom is -0.464 e. The van der Waals surface area contributed by atoms with E-state index in [0.717, 1.165) is 16.9 Å². The fourth-order valence-corrected chi connectivity index (χ4v) is 1.85. The number of nitrogens with one attached hydrogen (secondary N) is 2. The van der Waals surface area contributed by atoms with Gasteiger partial charge in [0.25, 0.3) is 0 Å². The van der Waals surface area contributed by atoms with E-state index in [1.54, 1.807) is 6.07 Å². The van der Waals surface area contributed by atoms with Crippen LogP contribution in [-0.4, -0.2) is 18.4 Å². The maximum absolute atomic E-state index is 11.9. The summed E-state index contributed by atoms with van der Waals surface area (Å²) in [6.07, 6.45) is 3.03. The minimum atomic E-state index is -0.411. The highest BCUT2D eigenvalue weighted by Gasteiger charge is 2.17. The molecule has 0 bridgehead atoms. The summed E-state index contributed by atoms with van der Waals surface area (Å²) in [5.41, 5.74) is 1.82. The Hall–Kier alpha value is -2.30. The van der Waals surface area contributed by atoms with Crippen LogP contribution in [-0.2, 0) is 9.59 Å². The van der Waals surface area contributed by atoms with E-state index in [4.69, 9.17) is 4.42 Å². The summed E-state index contributed by atoms with van der Waals surface area (Å²) in [5, 5.41) is 5.61. The second-order valence-electron chi connectivity index (χ2n) is 5.70. The third-order valence-corrected chi connectivity index (χ3v) is 2.74. The summed E-state index contributed by atoms with van der Waals surface area (Å²) in [4.78, 5) is 23.6. The molecule has 1 rings (SSSR count). The average molecular weight is 304 g/mol. The van der Waals surface area contributed by atoms with Crippen molar-refractivity contribution in [2.45, 2.75) is 40.7 Å². The van der Waals surface area contributed by atoms with Gasteiger partial charge < -0.3 is 15.1 Å². The molecular formula is C17H24N2O3. The van der Waals surface area contributed by atoms with Gasteiger partial charge in [-0.1, -0.05) is 11.1 Å². The smallest absolute Gasteiger partial charge is 0.244 e. The number of carbonyl (C=O) groups is 2. The Kier molecular flexibility index (Phi) is 6.63. The predicted octanol–water partition coefficient (Wildman–Crippen LogP) is 2.79. The SMILES string of the molecule is CC(C)=CC(=O)NCC(NC(=O)C=C(C)C)c1ccc(C)o1. The lowest BCUT2D eigenvalue weighted by atomic mass is 10.2. The zero-order chi connectivity index (χ0) is 16.7. The summed E-state index contributed by atoms with van der Waals surface area (Å²) >= 11 is 0. The maximum atomic E-state index is 11.9. The molecule has 1 aromatic rings. The van der Waals surface area contributed by atoms with Crippen LogP contribution in [0.3, 0.4) is 0 Å². The second kappa shape index (κ2) is 8.22. The van der Waals surface area contributed by atoms with Crippen molar-refractivity contribution in [3.05, 3.63) is 47.0 Å². The van der Waals surface area contributed by atoms with Gasteiger partial charge in [-0.05, 0) is 46.8 Å². The van der Waals surface area contributed by atoms with Crippen molar-refractivity contribution in [2.75, 3.05) is 6.54 Å². The zero-order valence-corrected chi connectivity index (χ0v) is 13.8. The van der Waals surface area contributed by atoms with Crippen LogP contribution in [0.25, 0.3) is 0 Å². The van der Waals surface area contributed by atoms with Crippen molar-refractivity contribution in [2.24, 2.45) is 0 Å². The monoisotopic (exact) mass is 304 g/mol. The minimum absolute atomic E-state index is 0.190. The Labute approximate surface area is 131 Å². The van der Waals surface area contributed by atoms with E-state index >= 15 is 0 Å². The molecule has 22 heavy (non-hydrogen) atoms. The number of allylic oxidation sites excluding steroid dienone is 2. The number of furan rings is 1. The van der Waals surface area contributed by atoms with E-state index in [-0.39, 0.29) is 18.4 Å². The Bertz CT molecular complexity index is 589. The van der Waals surface area contributed by atoms with Gasteiger partial charge in [0.05, 0.1) is 0 Å².